The van der Waals surface area contributed by atoms with Crippen LogP contribution < -0.4 is 5.32 Å². The smallest absolute Gasteiger partial charge is 0.338 e. The highest BCUT2D eigenvalue weighted by Gasteiger charge is 2.78. The Morgan fingerprint density at radius 3 is 2.06 bits per heavy atom. The fraction of sp³-hybridized carbons (Fsp3) is 0.404. The Bertz CT molecular complexity index is 2390. The first kappa shape index (κ1) is 44.9. The number of esters is 4. The average molecular weight is 872 g/mol. The molecule has 1 unspecified atom stereocenters. The highest BCUT2D eigenvalue weighted by Crippen LogP contribution is 2.66. The highest BCUT2D eigenvalue weighted by molar-refractivity contribution is 5.97. The van der Waals surface area contributed by atoms with Crippen molar-refractivity contribution in [3.63, 3.8) is 0 Å². The highest BCUT2D eigenvalue weighted by atomic mass is 19.1. The van der Waals surface area contributed by atoms with Gasteiger partial charge in [-0.25, -0.2) is 18.4 Å². The second kappa shape index (κ2) is 16.9. The number of fused-ring (bicyclic) bond motifs is 4. The van der Waals surface area contributed by atoms with Gasteiger partial charge >= 0.3 is 23.9 Å². The molecule has 16 heteroatoms. The first-order chi connectivity index (χ1) is 29.8. The third-order valence-electron chi connectivity index (χ3n) is 13.1. The van der Waals surface area contributed by atoms with Crippen LogP contribution in [0.15, 0.2) is 102 Å². The second-order valence-corrected chi connectivity index (χ2v) is 16.8. The molecule has 3 aromatic carbocycles. The number of rotatable bonds is 11. The predicted molar refractivity (Wildman–Crippen MR) is 216 cm³/mol. The lowest BCUT2D eigenvalue weighted by Gasteiger charge is -2.63. The van der Waals surface area contributed by atoms with Gasteiger partial charge in [0.1, 0.15) is 29.9 Å². The quantitative estimate of drug-likeness (QED) is 0.135. The van der Waals surface area contributed by atoms with Gasteiger partial charge in [0.2, 0.25) is 0 Å². The summed E-state index contributed by atoms with van der Waals surface area (Å²) in [6.07, 6.45) is -10.3. The molecule has 1 saturated heterocycles. The van der Waals surface area contributed by atoms with Crippen LogP contribution in [0, 0.1) is 28.4 Å². The number of benzene rings is 3. The summed E-state index contributed by atoms with van der Waals surface area (Å²) in [6, 6.07) is 16.9. The maximum Gasteiger partial charge on any atom is 0.338 e. The normalized spacial score (nSPS) is 30.5. The van der Waals surface area contributed by atoms with Crippen molar-refractivity contribution in [1.29, 1.82) is 0 Å². The molecule has 332 valence electrons. The number of hydrogen-bond acceptors (Lipinski definition) is 13. The fourth-order valence-corrected chi connectivity index (χ4v) is 10.1. The Kier molecular flexibility index (Phi) is 12.0. The van der Waals surface area contributed by atoms with Gasteiger partial charge in [-0.3, -0.25) is 19.2 Å². The van der Waals surface area contributed by atoms with Gasteiger partial charge in [-0.1, -0.05) is 60.7 Å². The number of Topliss-reactive ketones (excluding diaryl/α,β-unsaturated/α-hetero) is 1. The molecule has 11 atom stereocenters. The largest absolute Gasteiger partial charge is 0.457 e. The van der Waals surface area contributed by atoms with Crippen molar-refractivity contribution >= 4 is 35.6 Å². The molecule has 7 rings (SSSR count). The average Bonchev–Trinajstić information content (AvgIpc) is 3.49. The minimum absolute atomic E-state index is 0.0414. The molecule has 3 aliphatic carbocycles. The Labute approximate surface area is 361 Å². The van der Waals surface area contributed by atoms with E-state index in [2.05, 4.69) is 11.9 Å². The third kappa shape index (κ3) is 7.63. The molecule has 1 heterocycles. The number of carbonyl (C=O) groups is 6. The van der Waals surface area contributed by atoms with Gasteiger partial charge in [0.05, 0.1) is 41.1 Å². The third-order valence-corrected chi connectivity index (χ3v) is 13.1. The van der Waals surface area contributed by atoms with Crippen molar-refractivity contribution < 1.29 is 71.4 Å². The molecule has 0 bridgehead atoms. The van der Waals surface area contributed by atoms with Gasteiger partial charge in [-0.15, -0.1) is 0 Å². The number of hydrogen-bond donors (Lipinski definition) is 3. The molecule has 0 aromatic heterocycles. The van der Waals surface area contributed by atoms with Crippen LogP contribution in [-0.2, 0) is 42.9 Å². The Balaban J connectivity index is 1.39. The first-order valence-corrected chi connectivity index (χ1v) is 20.3. The summed E-state index contributed by atoms with van der Waals surface area (Å²) in [5.74, 6) is -9.52. The lowest BCUT2D eigenvalue weighted by molar-refractivity contribution is -0.332. The molecule has 3 N–H and O–H groups in total. The minimum atomic E-state index is -2.06. The molecule has 4 aliphatic rings. The van der Waals surface area contributed by atoms with E-state index in [4.69, 9.17) is 23.7 Å². The first-order valence-electron chi connectivity index (χ1n) is 20.3. The van der Waals surface area contributed by atoms with Crippen LogP contribution in [-0.4, -0.2) is 94.6 Å². The minimum Gasteiger partial charge on any atom is -0.457 e. The summed E-state index contributed by atoms with van der Waals surface area (Å²) in [6.45, 7) is 10.4. The summed E-state index contributed by atoms with van der Waals surface area (Å²) in [7, 11) is 0. The van der Waals surface area contributed by atoms with E-state index in [0.717, 1.165) is 26.0 Å². The van der Waals surface area contributed by atoms with E-state index in [0.29, 0.717) is 11.6 Å². The molecule has 3 aromatic rings. The molecule has 0 spiro atoms. The molecule has 63 heavy (non-hydrogen) atoms. The SMILES string of the molecule is C=C(C)[C@@]12C[C@H](OC(=O)[C@H](O)[C@@H](NC(=O)c3ccccc3)c3ccccc3)C(C)=C1[C@@H](OC(C)=O)C(=O)[C@@]1(C)C([C@@H]2OC(=O)c2cc(F)cc(F)c2)[C@@]2(OC(C)=O)CO[C@@H]2C[C@@H]1O. The lowest BCUT2D eigenvalue weighted by Crippen LogP contribution is -2.77. The molecule has 2 saturated carbocycles. The molecule has 0 radical (unpaired) electrons. The topological polar surface area (TPSA) is 201 Å². The maximum absolute atomic E-state index is 15.4. The van der Waals surface area contributed by atoms with E-state index < -0.39 is 124 Å². The molecule has 14 nitrogen and oxygen atoms in total. The van der Waals surface area contributed by atoms with E-state index in [1.807, 2.05) is 0 Å². The van der Waals surface area contributed by atoms with E-state index in [1.54, 1.807) is 60.7 Å². The van der Waals surface area contributed by atoms with Crippen LogP contribution in [0.4, 0.5) is 8.78 Å². The van der Waals surface area contributed by atoms with E-state index in [-0.39, 0.29) is 35.3 Å². The molecule has 3 fully saturated rings. The number of halogens is 2. The number of ether oxygens (including phenoxy) is 5. The summed E-state index contributed by atoms with van der Waals surface area (Å²) >= 11 is 0. The molecule has 1 amide bonds. The van der Waals surface area contributed by atoms with E-state index in [1.165, 1.54) is 20.8 Å². The molecule has 1 aliphatic heterocycles. The molecular formula is C47H47F2NO13. The standard InChI is InChI=1S/C47H47F2NO13/c1-23(2)46-21-32(61-44(58)37(54)36(27-13-9-7-10-14-27)50-42(56)28-15-11-8-12-16-28)24(3)35(46)38(60-25(4)51)40(55)45(6)33(53)20-34-47(22-59-34,63-26(5)52)39(45)41(46)62-43(57)29-17-30(48)19-31(49)18-29/h7-19,32-34,36-39,41,53-54H,1,20-22H2,2-6H3,(H,50,56)/t32-,33-,34+,36-,37+,38+,39?,41-,45+,46-,47+/m0/s1. The van der Waals surface area contributed by atoms with Crippen molar-refractivity contribution in [2.24, 2.45) is 16.7 Å². The number of aliphatic hydroxyl groups is 2. The zero-order chi connectivity index (χ0) is 45.8. The fourth-order valence-electron chi connectivity index (χ4n) is 10.1. The van der Waals surface area contributed by atoms with Gasteiger partial charge in [0.25, 0.3) is 5.91 Å². The van der Waals surface area contributed by atoms with Gasteiger partial charge in [0, 0.05) is 38.3 Å². The maximum atomic E-state index is 15.4. The zero-order valence-electron chi connectivity index (χ0n) is 35.1. The number of aliphatic hydroxyl groups excluding tert-OH is 2. The predicted octanol–water partition coefficient (Wildman–Crippen LogP) is 4.82. The van der Waals surface area contributed by atoms with Crippen LogP contribution in [0.5, 0.6) is 0 Å². The van der Waals surface area contributed by atoms with Crippen molar-refractivity contribution in [2.45, 2.75) is 95.7 Å². The van der Waals surface area contributed by atoms with Crippen molar-refractivity contribution in [3.8, 4) is 0 Å². The number of amides is 1. The van der Waals surface area contributed by atoms with Gasteiger partial charge in [-0.05, 0) is 61.7 Å². The number of nitrogens with one attached hydrogen (secondary N) is 1. The Hall–Kier alpha value is -6.10. The van der Waals surface area contributed by atoms with Crippen LogP contribution in [0.25, 0.3) is 0 Å². The van der Waals surface area contributed by atoms with Crippen LogP contribution >= 0.6 is 0 Å². The van der Waals surface area contributed by atoms with Crippen molar-refractivity contribution in [3.05, 3.63) is 130 Å². The van der Waals surface area contributed by atoms with Gasteiger partial charge < -0.3 is 39.2 Å². The number of carbonyl (C=O) groups excluding carboxylic acids is 6. The van der Waals surface area contributed by atoms with Gasteiger partial charge in [0.15, 0.2) is 23.6 Å². The Morgan fingerprint density at radius 1 is 0.889 bits per heavy atom. The van der Waals surface area contributed by atoms with Crippen molar-refractivity contribution in [2.75, 3.05) is 6.61 Å². The zero-order valence-corrected chi connectivity index (χ0v) is 35.1. The van der Waals surface area contributed by atoms with Crippen molar-refractivity contribution in [1.82, 2.24) is 5.32 Å². The summed E-state index contributed by atoms with van der Waals surface area (Å²) in [4.78, 5) is 83.4. The van der Waals surface area contributed by atoms with E-state index in [9.17, 15) is 43.0 Å². The van der Waals surface area contributed by atoms with Gasteiger partial charge in [-0.2, -0.15) is 0 Å². The summed E-state index contributed by atoms with van der Waals surface area (Å²) in [5.41, 5.74) is -5.51. The summed E-state index contributed by atoms with van der Waals surface area (Å²) < 4.78 is 59.4. The van der Waals surface area contributed by atoms with E-state index >= 15 is 4.79 Å². The summed E-state index contributed by atoms with van der Waals surface area (Å²) in [5, 5.41) is 26.5. The van der Waals surface area contributed by atoms with Crippen LogP contribution in [0.1, 0.15) is 79.8 Å². The number of ketones is 1. The Morgan fingerprint density at radius 2 is 1.51 bits per heavy atom. The van der Waals surface area contributed by atoms with Crippen LogP contribution in [0.3, 0.4) is 0 Å². The van der Waals surface area contributed by atoms with Crippen LogP contribution in [0.2, 0.25) is 0 Å². The lowest BCUT2D eigenvalue weighted by atomic mass is 9.51. The second-order valence-electron chi connectivity index (χ2n) is 16.8. The molecular weight excluding hydrogens is 825 g/mol. The monoisotopic (exact) mass is 871 g/mol.